The van der Waals surface area contributed by atoms with Crippen LogP contribution in [0, 0.1) is 5.92 Å². The number of aromatic nitrogens is 2. The fourth-order valence-electron chi connectivity index (χ4n) is 2.31. The normalized spacial score (nSPS) is 15.6. The smallest absolute Gasteiger partial charge is 0.357 e. The summed E-state index contributed by atoms with van der Waals surface area (Å²) >= 11 is 0. The molecular weight excluding hydrogens is 252 g/mol. The molecule has 0 spiro atoms. The molecule has 0 aromatic carbocycles. The number of fused-ring (bicyclic) bond motifs is 1. The maximum atomic E-state index is 12.2. The predicted octanol–water partition coefficient (Wildman–Crippen LogP) is 3.47. The second kappa shape index (κ2) is 4.62. The van der Waals surface area contributed by atoms with Gasteiger partial charge in [-0.3, -0.25) is 0 Å². The summed E-state index contributed by atoms with van der Waals surface area (Å²) in [6, 6.07) is 3.80. The molecule has 2 aromatic heterocycles. The Morgan fingerprint density at radius 1 is 1.45 bits per heavy atom. The van der Waals surface area contributed by atoms with Crippen LogP contribution in [0.25, 0.3) is 10.9 Å². The molecule has 1 saturated carbocycles. The van der Waals surface area contributed by atoms with Crippen molar-refractivity contribution in [1.82, 2.24) is 9.97 Å². The van der Waals surface area contributed by atoms with Gasteiger partial charge in [-0.05, 0) is 58.1 Å². The number of nitrogens with one attached hydrogen (secondary N) is 1. The molecule has 4 nitrogen and oxygen atoms in total. The quantitative estimate of drug-likeness (QED) is 0.870. The molecule has 20 heavy (non-hydrogen) atoms. The molecule has 0 radical (unpaired) electrons. The summed E-state index contributed by atoms with van der Waals surface area (Å²) in [4.78, 5) is 19.9. The number of ether oxygens (including phenoxy) is 1. The van der Waals surface area contributed by atoms with Gasteiger partial charge in [0.2, 0.25) is 0 Å². The summed E-state index contributed by atoms with van der Waals surface area (Å²) in [5, 5.41) is 1.12. The van der Waals surface area contributed by atoms with E-state index in [1.165, 1.54) is 12.8 Å². The van der Waals surface area contributed by atoms with Crippen molar-refractivity contribution in [3.63, 3.8) is 0 Å². The largest absolute Gasteiger partial charge is 0.455 e. The first-order valence-electron chi connectivity index (χ1n) is 7.13. The van der Waals surface area contributed by atoms with Gasteiger partial charge in [-0.25, -0.2) is 9.78 Å². The molecule has 0 saturated heterocycles. The zero-order valence-electron chi connectivity index (χ0n) is 12.2. The van der Waals surface area contributed by atoms with Crippen LogP contribution in [0.1, 0.15) is 49.8 Å². The molecule has 2 heterocycles. The van der Waals surface area contributed by atoms with Crippen molar-refractivity contribution in [3.05, 3.63) is 29.7 Å². The van der Waals surface area contributed by atoms with E-state index >= 15 is 0 Å². The summed E-state index contributed by atoms with van der Waals surface area (Å²) in [5.74, 6) is 0.375. The fraction of sp³-hybridized carbons (Fsp3) is 0.500. The summed E-state index contributed by atoms with van der Waals surface area (Å²) in [6.45, 7) is 5.59. The number of carbonyl (C=O) groups excluding carboxylic acids is 1. The Balaban J connectivity index is 1.96. The third-order valence-electron chi connectivity index (χ3n) is 3.41. The lowest BCUT2D eigenvalue weighted by Gasteiger charge is -2.19. The van der Waals surface area contributed by atoms with E-state index in [1.807, 2.05) is 33.0 Å². The highest BCUT2D eigenvalue weighted by Crippen LogP contribution is 2.34. The molecule has 0 aliphatic heterocycles. The molecule has 106 valence electrons. The van der Waals surface area contributed by atoms with E-state index in [0.29, 0.717) is 5.69 Å². The lowest BCUT2D eigenvalue weighted by atomic mass is 10.1. The highest BCUT2D eigenvalue weighted by molar-refractivity contribution is 5.93. The number of nitrogens with zero attached hydrogens (tertiary/aromatic N) is 1. The van der Waals surface area contributed by atoms with E-state index in [2.05, 4.69) is 9.97 Å². The number of hydrogen-bond donors (Lipinski definition) is 1. The highest BCUT2D eigenvalue weighted by Gasteiger charge is 2.25. The van der Waals surface area contributed by atoms with E-state index in [4.69, 9.17) is 4.74 Å². The van der Waals surface area contributed by atoms with E-state index in [1.54, 1.807) is 6.07 Å². The Morgan fingerprint density at radius 2 is 2.20 bits per heavy atom. The number of rotatable bonds is 3. The van der Waals surface area contributed by atoms with Crippen molar-refractivity contribution >= 4 is 16.9 Å². The van der Waals surface area contributed by atoms with Gasteiger partial charge < -0.3 is 9.72 Å². The van der Waals surface area contributed by atoms with Crippen LogP contribution in [0.5, 0.6) is 0 Å². The van der Waals surface area contributed by atoms with Gasteiger partial charge in [0.05, 0.1) is 5.69 Å². The Hall–Kier alpha value is -1.84. The fourth-order valence-corrected chi connectivity index (χ4v) is 2.31. The van der Waals surface area contributed by atoms with Crippen molar-refractivity contribution in [3.8, 4) is 0 Å². The zero-order chi connectivity index (χ0) is 14.3. The molecule has 1 aliphatic carbocycles. The first-order chi connectivity index (χ1) is 9.42. The van der Waals surface area contributed by atoms with Gasteiger partial charge in [0, 0.05) is 17.1 Å². The molecule has 3 rings (SSSR count). The van der Waals surface area contributed by atoms with Crippen LogP contribution in [-0.4, -0.2) is 21.5 Å². The van der Waals surface area contributed by atoms with Crippen molar-refractivity contribution < 1.29 is 9.53 Å². The van der Waals surface area contributed by atoms with E-state index < -0.39 is 5.60 Å². The first kappa shape index (κ1) is 13.2. The number of carbonyl (C=O) groups is 1. The van der Waals surface area contributed by atoms with Crippen molar-refractivity contribution in [2.75, 3.05) is 0 Å². The average molecular weight is 272 g/mol. The second-order valence-electron chi connectivity index (χ2n) is 6.54. The van der Waals surface area contributed by atoms with Gasteiger partial charge in [-0.2, -0.15) is 0 Å². The Bertz CT molecular complexity index is 648. The van der Waals surface area contributed by atoms with Crippen LogP contribution < -0.4 is 0 Å². The van der Waals surface area contributed by atoms with Crippen LogP contribution >= 0.6 is 0 Å². The number of pyridine rings is 1. The van der Waals surface area contributed by atoms with Crippen molar-refractivity contribution in [1.29, 1.82) is 0 Å². The third-order valence-corrected chi connectivity index (χ3v) is 3.41. The van der Waals surface area contributed by atoms with Gasteiger partial charge >= 0.3 is 5.97 Å². The summed E-state index contributed by atoms with van der Waals surface area (Å²) in [6.07, 6.45) is 5.38. The molecule has 1 aliphatic rings. The molecule has 0 unspecified atom stereocenters. The van der Waals surface area contributed by atoms with Gasteiger partial charge in [0.15, 0.2) is 5.69 Å². The SMILES string of the molecule is CC(C)(C)OC(=O)c1cc2[nH]ccc2c(CC2CC2)n1. The van der Waals surface area contributed by atoms with E-state index in [0.717, 1.165) is 28.9 Å². The predicted molar refractivity (Wildman–Crippen MR) is 77.7 cm³/mol. The molecule has 4 heteroatoms. The molecule has 2 aromatic rings. The van der Waals surface area contributed by atoms with Gasteiger partial charge in [-0.1, -0.05) is 0 Å². The first-order valence-corrected chi connectivity index (χ1v) is 7.13. The standard InChI is InChI=1S/C16H20N2O2/c1-16(2,3)20-15(19)14-9-12-11(6-7-17-12)13(18-14)8-10-4-5-10/h6-7,9-10,17H,4-5,8H2,1-3H3. The summed E-state index contributed by atoms with van der Waals surface area (Å²) in [7, 11) is 0. The van der Waals surface area contributed by atoms with Gasteiger partial charge in [-0.15, -0.1) is 0 Å². The molecule has 0 atom stereocenters. The minimum atomic E-state index is -0.500. The average Bonchev–Trinajstić information content (AvgIpc) is 3.02. The maximum Gasteiger partial charge on any atom is 0.357 e. The second-order valence-corrected chi connectivity index (χ2v) is 6.54. The van der Waals surface area contributed by atoms with Crippen LogP contribution in [-0.2, 0) is 11.2 Å². The summed E-state index contributed by atoms with van der Waals surface area (Å²) < 4.78 is 5.41. The van der Waals surface area contributed by atoms with Crippen LogP contribution in [0.4, 0.5) is 0 Å². The molecular formula is C16H20N2O2. The molecule has 1 fully saturated rings. The van der Waals surface area contributed by atoms with Crippen molar-refractivity contribution in [2.24, 2.45) is 5.92 Å². The molecule has 0 amide bonds. The molecule has 0 bridgehead atoms. The lowest BCUT2D eigenvalue weighted by Crippen LogP contribution is -2.24. The highest BCUT2D eigenvalue weighted by atomic mass is 16.6. The van der Waals surface area contributed by atoms with Crippen LogP contribution in [0.15, 0.2) is 18.3 Å². The molecule has 1 N–H and O–H groups in total. The minimum Gasteiger partial charge on any atom is -0.455 e. The Morgan fingerprint density at radius 3 is 2.85 bits per heavy atom. The topological polar surface area (TPSA) is 55.0 Å². The van der Waals surface area contributed by atoms with Gasteiger partial charge in [0.25, 0.3) is 0 Å². The van der Waals surface area contributed by atoms with E-state index in [9.17, 15) is 4.79 Å². The lowest BCUT2D eigenvalue weighted by molar-refractivity contribution is 0.00627. The monoisotopic (exact) mass is 272 g/mol. The Labute approximate surface area is 118 Å². The minimum absolute atomic E-state index is 0.356. The number of H-pyrrole nitrogens is 1. The van der Waals surface area contributed by atoms with Crippen LogP contribution in [0.3, 0.4) is 0 Å². The van der Waals surface area contributed by atoms with E-state index in [-0.39, 0.29) is 5.97 Å². The zero-order valence-corrected chi connectivity index (χ0v) is 12.2. The van der Waals surface area contributed by atoms with Gasteiger partial charge in [0.1, 0.15) is 5.60 Å². The number of aromatic amines is 1. The summed E-state index contributed by atoms with van der Waals surface area (Å²) in [5.41, 5.74) is 1.86. The maximum absolute atomic E-state index is 12.2. The third kappa shape index (κ3) is 2.84. The number of esters is 1. The van der Waals surface area contributed by atoms with Crippen molar-refractivity contribution in [2.45, 2.75) is 45.6 Å². The number of hydrogen-bond acceptors (Lipinski definition) is 3. The Kier molecular flexibility index (Phi) is 3.04. The van der Waals surface area contributed by atoms with Crippen LogP contribution in [0.2, 0.25) is 0 Å².